The SMILES string of the molecule is O/N=C(\CSc1ccccc1C(F)(F)F)c1cc(Cl)sc1Cl. The largest absolute Gasteiger partial charge is 0.417 e. The van der Waals surface area contributed by atoms with Crippen molar-refractivity contribution in [3.63, 3.8) is 0 Å². The van der Waals surface area contributed by atoms with E-state index in [1.165, 1.54) is 24.3 Å². The van der Waals surface area contributed by atoms with Crippen molar-refractivity contribution in [2.75, 3.05) is 5.75 Å². The van der Waals surface area contributed by atoms with Crippen LogP contribution in [-0.4, -0.2) is 16.7 Å². The minimum Gasteiger partial charge on any atom is -0.411 e. The number of halogens is 5. The van der Waals surface area contributed by atoms with E-state index in [1.54, 1.807) is 0 Å². The van der Waals surface area contributed by atoms with Gasteiger partial charge in [-0.3, -0.25) is 0 Å². The van der Waals surface area contributed by atoms with Gasteiger partial charge in [0.05, 0.1) is 15.6 Å². The zero-order valence-corrected chi connectivity index (χ0v) is 13.8. The highest BCUT2D eigenvalue weighted by molar-refractivity contribution is 8.00. The molecule has 0 saturated heterocycles. The smallest absolute Gasteiger partial charge is 0.411 e. The van der Waals surface area contributed by atoms with Crippen molar-refractivity contribution in [2.45, 2.75) is 11.1 Å². The zero-order chi connectivity index (χ0) is 16.3. The first-order valence-corrected chi connectivity index (χ1v) is 8.34. The summed E-state index contributed by atoms with van der Waals surface area (Å²) < 4.78 is 39.5. The maximum Gasteiger partial charge on any atom is 0.417 e. The van der Waals surface area contributed by atoms with Gasteiger partial charge in [-0.2, -0.15) is 13.2 Å². The van der Waals surface area contributed by atoms with Crippen molar-refractivity contribution in [3.05, 3.63) is 50.1 Å². The van der Waals surface area contributed by atoms with Crippen LogP contribution in [0, 0.1) is 0 Å². The molecule has 9 heteroatoms. The van der Waals surface area contributed by atoms with E-state index in [9.17, 15) is 13.2 Å². The van der Waals surface area contributed by atoms with Crippen LogP contribution in [0.3, 0.4) is 0 Å². The molecule has 0 amide bonds. The number of oxime groups is 1. The fraction of sp³-hybridized carbons (Fsp3) is 0.154. The van der Waals surface area contributed by atoms with E-state index in [0.717, 1.165) is 29.2 Å². The second-order valence-corrected chi connectivity index (χ2v) is 7.37. The number of nitrogens with zero attached hydrogens (tertiary/aromatic N) is 1. The summed E-state index contributed by atoms with van der Waals surface area (Å²) in [6.07, 6.45) is -4.44. The van der Waals surface area contributed by atoms with E-state index in [0.29, 0.717) is 14.2 Å². The van der Waals surface area contributed by atoms with Crippen LogP contribution >= 0.6 is 46.3 Å². The van der Waals surface area contributed by atoms with E-state index >= 15 is 0 Å². The summed E-state index contributed by atoms with van der Waals surface area (Å²) in [5.74, 6) is 0.0242. The highest BCUT2D eigenvalue weighted by Crippen LogP contribution is 2.37. The molecule has 1 N–H and O–H groups in total. The first-order valence-electron chi connectivity index (χ1n) is 5.78. The molecule has 0 radical (unpaired) electrons. The monoisotopic (exact) mass is 385 g/mol. The summed E-state index contributed by atoms with van der Waals surface area (Å²) >= 11 is 13.8. The van der Waals surface area contributed by atoms with Gasteiger partial charge < -0.3 is 5.21 Å². The number of rotatable bonds is 4. The third-order valence-electron chi connectivity index (χ3n) is 2.65. The van der Waals surface area contributed by atoms with Crippen molar-refractivity contribution in [2.24, 2.45) is 5.16 Å². The lowest BCUT2D eigenvalue weighted by Crippen LogP contribution is -2.08. The molecule has 0 aliphatic carbocycles. The molecule has 118 valence electrons. The molecule has 22 heavy (non-hydrogen) atoms. The summed E-state index contributed by atoms with van der Waals surface area (Å²) in [6, 6.07) is 6.72. The predicted octanol–water partition coefficient (Wildman–Crippen LogP) is 6.04. The van der Waals surface area contributed by atoms with Crippen LogP contribution in [0.1, 0.15) is 11.1 Å². The van der Waals surface area contributed by atoms with Crippen molar-refractivity contribution in [1.29, 1.82) is 0 Å². The normalized spacial score (nSPS) is 12.7. The third-order valence-corrected chi connectivity index (χ3v) is 5.22. The summed E-state index contributed by atoms with van der Waals surface area (Å²) in [7, 11) is 0. The average Bonchev–Trinajstić information content (AvgIpc) is 2.78. The molecule has 0 atom stereocenters. The van der Waals surface area contributed by atoms with E-state index in [2.05, 4.69) is 5.16 Å². The molecule has 1 aromatic heterocycles. The standard InChI is InChI=1S/C13H8Cl2F3NOS2/c14-11-5-7(12(15)22-11)9(19-20)6-21-10-4-2-1-3-8(10)13(16,17)18/h1-5,20H,6H2/b19-9+. The van der Waals surface area contributed by atoms with Crippen LogP contribution in [-0.2, 0) is 6.18 Å². The topological polar surface area (TPSA) is 32.6 Å². The maximum absolute atomic E-state index is 12.9. The molecule has 2 rings (SSSR count). The lowest BCUT2D eigenvalue weighted by molar-refractivity contribution is -0.139. The highest BCUT2D eigenvalue weighted by atomic mass is 35.5. The average molecular weight is 386 g/mol. The highest BCUT2D eigenvalue weighted by Gasteiger charge is 2.33. The van der Waals surface area contributed by atoms with Gasteiger partial charge in [0.2, 0.25) is 0 Å². The lowest BCUT2D eigenvalue weighted by atomic mass is 10.2. The maximum atomic E-state index is 12.9. The van der Waals surface area contributed by atoms with Gasteiger partial charge >= 0.3 is 6.18 Å². The van der Waals surface area contributed by atoms with Crippen LogP contribution < -0.4 is 0 Å². The first-order chi connectivity index (χ1) is 10.3. The third kappa shape index (κ3) is 4.10. The van der Waals surface area contributed by atoms with E-state index in [-0.39, 0.29) is 16.4 Å². The molecular weight excluding hydrogens is 378 g/mol. The van der Waals surface area contributed by atoms with Gasteiger partial charge in [0.25, 0.3) is 0 Å². The number of benzene rings is 1. The second kappa shape index (κ2) is 7.12. The molecule has 0 unspecified atom stereocenters. The van der Waals surface area contributed by atoms with Crippen LogP contribution in [0.25, 0.3) is 0 Å². The molecule has 2 aromatic rings. The Bertz CT molecular complexity index is 701. The molecule has 1 aromatic carbocycles. The van der Waals surface area contributed by atoms with E-state index in [1.807, 2.05) is 0 Å². The van der Waals surface area contributed by atoms with Crippen molar-refractivity contribution in [1.82, 2.24) is 0 Å². The summed E-state index contributed by atoms with van der Waals surface area (Å²) in [5, 5.41) is 12.2. The van der Waals surface area contributed by atoms with Gasteiger partial charge in [0.1, 0.15) is 4.34 Å². The summed E-state index contributed by atoms with van der Waals surface area (Å²) in [6.45, 7) is 0. The molecule has 2 nitrogen and oxygen atoms in total. The quantitative estimate of drug-likeness (QED) is 0.301. The number of hydrogen-bond acceptors (Lipinski definition) is 4. The van der Waals surface area contributed by atoms with Gasteiger partial charge in [-0.25, -0.2) is 0 Å². The van der Waals surface area contributed by atoms with E-state index in [4.69, 9.17) is 28.4 Å². The Morgan fingerprint density at radius 2 is 1.95 bits per heavy atom. The Morgan fingerprint density at radius 3 is 2.50 bits per heavy atom. The molecule has 0 fully saturated rings. The fourth-order valence-electron chi connectivity index (χ4n) is 1.67. The number of thiophene rings is 1. The molecule has 0 saturated carbocycles. The molecular formula is C13H8Cl2F3NOS2. The van der Waals surface area contributed by atoms with Crippen LogP contribution in [0.5, 0.6) is 0 Å². The first kappa shape index (κ1) is 17.5. The molecule has 0 aliphatic rings. The van der Waals surface area contributed by atoms with Crippen molar-refractivity contribution in [3.8, 4) is 0 Å². The molecule has 0 aliphatic heterocycles. The van der Waals surface area contributed by atoms with E-state index < -0.39 is 11.7 Å². The van der Waals surface area contributed by atoms with Crippen molar-refractivity contribution >= 4 is 52.0 Å². The van der Waals surface area contributed by atoms with Crippen LogP contribution in [0.4, 0.5) is 13.2 Å². The molecule has 1 heterocycles. The van der Waals surface area contributed by atoms with Crippen LogP contribution in [0.15, 0.2) is 40.4 Å². The molecule has 0 bridgehead atoms. The number of hydrogen-bond donors (Lipinski definition) is 1. The minimum absolute atomic E-state index is 0.0242. The Kier molecular flexibility index (Phi) is 5.65. The summed E-state index contributed by atoms with van der Waals surface area (Å²) in [5.41, 5.74) is -0.155. The Balaban J connectivity index is 2.21. The second-order valence-electron chi connectivity index (χ2n) is 4.07. The Labute approximate surface area is 142 Å². The van der Waals surface area contributed by atoms with Crippen LogP contribution in [0.2, 0.25) is 8.67 Å². The van der Waals surface area contributed by atoms with Gasteiger partial charge in [-0.15, -0.1) is 23.1 Å². The van der Waals surface area contributed by atoms with Crippen molar-refractivity contribution < 1.29 is 18.4 Å². The Hall–Kier alpha value is -0.890. The van der Waals surface area contributed by atoms with Gasteiger partial charge in [0.15, 0.2) is 0 Å². The number of alkyl halides is 3. The predicted molar refractivity (Wildman–Crippen MR) is 84.8 cm³/mol. The lowest BCUT2D eigenvalue weighted by Gasteiger charge is -2.12. The van der Waals surface area contributed by atoms with Gasteiger partial charge in [-0.1, -0.05) is 40.5 Å². The minimum atomic E-state index is -4.44. The summed E-state index contributed by atoms with van der Waals surface area (Å²) in [4.78, 5) is 0.0496. The fourth-order valence-corrected chi connectivity index (χ4v) is 4.20. The number of thioether (sulfide) groups is 1. The molecule has 0 spiro atoms. The zero-order valence-electron chi connectivity index (χ0n) is 10.7. The Morgan fingerprint density at radius 1 is 1.27 bits per heavy atom. The van der Waals surface area contributed by atoms with Gasteiger partial charge in [-0.05, 0) is 18.2 Å². The van der Waals surface area contributed by atoms with Gasteiger partial charge in [0, 0.05) is 16.2 Å².